The van der Waals surface area contributed by atoms with E-state index in [9.17, 15) is 0 Å². The van der Waals surface area contributed by atoms with E-state index in [1.807, 2.05) is 48.7 Å². The minimum Gasteiger partial charge on any atom is -0.497 e. The molecule has 0 bridgehead atoms. The molecule has 4 nitrogen and oxygen atoms in total. The van der Waals surface area contributed by atoms with Gasteiger partial charge in [-0.2, -0.15) is 5.26 Å². The largest absolute Gasteiger partial charge is 0.497 e. The van der Waals surface area contributed by atoms with Gasteiger partial charge in [-0.3, -0.25) is 0 Å². The lowest BCUT2D eigenvalue weighted by Crippen LogP contribution is -1.93. The molecule has 0 saturated carbocycles. The summed E-state index contributed by atoms with van der Waals surface area (Å²) in [4.78, 5) is 0. The first-order valence-electron chi connectivity index (χ1n) is 6.64. The van der Waals surface area contributed by atoms with E-state index in [1.54, 1.807) is 7.11 Å². The van der Waals surface area contributed by atoms with Crippen LogP contribution in [-0.2, 0) is 6.42 Å². The summed E-state index contributed by atoms with van der Waals surface area (Å²) in [5, 5.41) is 10.0. The van der Waals surface area contributed by atoms with Crippen molar-refractivity contribution in [3.8, 4) is 17.5 Å². The summed E-state index contributed by atoms with van der Waals surface area (Å²) in [6.07, 6.45) is 2.37. The van der Waals surface area contributed by atoms with Crippen molar-refractivity contribution in [2.24, 2.45) is 0 Å². The highest BCUT2D eigenvalue weighted by molar-refractivity contribution is 5.88. The number of hydrogen-bond donors (Lipinski definition) is 1. The zero-order valence-corrected chi connectivity index (χ0v) is 11.7. The molecule has 4 heteroatoms. The van der Waals surface area contributed by atoms with Crippen LogP contribution in [0.3, 0.4) is 0 Å². The van der Waals surface area contributed by atoms with Gasteiger partial charge >= 0.3 is 0 Å². The van der Waals surface area contributed by atoms with Crippen LogP contribution in [0.2, 0.25) is 0 Å². The van der Waals surface area contributed by atoms with Crippen molar-refractivity contribution in [2.45, 2.75) is 6.42 Å². The maximum absolute atomic E-state index is 8.98. The number of rotatable bonds is 3. The Morgan fingerprint density at radius 2 is 1.95 bits per heavy atom. The Bertz CT molecular complexity index is 826. The molecule has 0 unspecified atom stereocenters. The predicted octanol–water partition coefficient (Wildman–Crippen LogP) is 3.29. The molecule has 0 spiro atoms. The van der Waals surface area contributed by atoms with Gasteiger partial charge in [-0.25, -0.2) is 0 Å². The molecule has 1 aromatic heterocycles. The normalized spacial score (nSPS) is 10.5. The maximum atomic E-state index is 8.98. The van der Waals surface area contributed by atoms with Crippen LogP contribution in [0.5, 0.6) is 5.75 Å². The highest BCUT2D eigenvalue weighted by Gasteiger charge is 2.10. The number of anilines is 1. The Hall–Kier alpha value is -2.93. The highest BCUT2D eigenvalue weighted by Crippen LogP contribution is 2.27. The molecule has 0 aliphatic heterocycles. The first-order valence-corrected chi connectivity index (χ1v) is 6.64. The van der Waals surface area contributed by atoms with Crippen molar-refractivity contribution in [1.29, 1.82) is 5.26 Å². The summed E-state index contributed by atoms with van der Waals surface area (Å²) in [5.41, 5.74) is 9.63. The van der Waals surface area contributed by atoms with Crippen molar-refractivity contribution in [3.05, 3.63) is 54.2 Å². The average molecular weight is 277 g/mol. The number of ether oxygens (including phenoxy) is 1. The minimum atomic E-state index is 0.379. The SMILES string of the molecule is COc1ccc(-n2cc(CC#N)c3ccc(N)cc32)cc1. The van der Waals surface area contributed by atoms with E-state index >= 15 is 0 Å². The Morgan fingerprint density at radius 1 is 1.19 bits per heavy atom. The van der Waals surface area contributed by atoms with Crippen LogP contribution in [0, 0.1) is 11.3 Å². The second-order valence-corrected chi connectivity index (χ2v) is 4.83. The highest BCUT2D eigenvalue weighted by atomic mass is 16.5. The van der Waals surface area contributed by atoms with Gasteiger partial charge < -0.3 is 15.0 Å². The van der Waals surface area contributed by atoms with Gasteiger partial charge in [0.15, 0.2) is 0 Å². The van der Waals surface area contributed by atoms with E-state index in [0.29, 0.717) is 12.1 Å². The number of nitrogen functional groups attached to an aromatic ring is 1. The summed E-state index contributed by atoms with van der Waals surface area (Å²) in [6.45, 7) is 0. The Labute approximate surface area is 123 Å². The molecule has 2 N–H and O–H groups in total. The first-order chi connectivity index (χ1) is 10.2. The van der Waals surface area contributed by atoms with Gasteiger partial charge in [-0.15, -0.1) is 0 Å². The Balaban J connectivity index is 2.20. The molecule has 0 amide bonds. The molecule has 0 fully saturated rings. The fraction of sp³-hybridized carbons (Fsp3) is 0.118. The monoisotopic (exact) mass is 277 g/mol. The van der Waals surface area contributed by atoms with E-state index in [1.165, 1.54) is 0 Å². The van der Waals surface area contributed by atoms with E-state index in [-0.39, 0.29) is 0 Å². The quantitative estimate of drug-likeness (QED) is 0.747. The van der Waals surface area contributed by atoms with Gasteiger partial charge in [-0.05, 0) is 42.0 Å². The second-order valence-electron chi connectivity index (χ2n) is 4.83. The molecule has 0 atom stereocenters. The lowest BCUT2D eigenvalue weighted by molar-refractivity contribution is 0.415. The van der Waals surface area contributed by atoms with E-state index in [2.05, 4.69) is 10.6 Å². The lowest BCUT2D eigenvalue weighted by atomic mass is 10.1. The van der Waals surface area contributed by atoms with Crippen LogP contribution in [0.15, 0.2) is 48.7 Å². The third-order valence-corrected chi connectivity index (χ3v) is 3.53. The van der Waals surface area contributed by atoms with Crippen molar-refractivity contribution < 1.29 is 4.74 Å². The Kier molecular flexibility index (Phi) is 3.25. The van der Waals surface area contributed by atoms with Crippen LogP contribution in [0.1, 0.15) is 5.56 Å². The topological polar surface area (TPSA) is 64.0 Å². The standard InChI is InChI=1S/C17H15N3O/c1-21-15-5-3-14(4-6-15)20-11-12(8-9-18)16-7-2-13(19)10-17(16)20/h2-7,10-11H,8,19H2,1H3. The van der Waals surface area contributed by atoms with E-state index in [4.69, 9.17) is 15.7 Å². The number of nitrogens with two attached hydrogens (primary N) is 1. The van der Waals surface area contributed by atoms with Crippen LogP contribution in [0.25, 0.3) is 16.6 Å². The average Bonchev–Trinajstić information content (AvgIpc) is 2.86. The molecule has 0 radical (unpaired) electrons. The van der Waals surface area contributed by atoms with Crippen molar-refractivity contribution in [1.82, 2.24) is 4.57 Å². The first kappa shape index (κ1) is 13.1. The number of aromatic nitrogens is 1. The van der Waals surface area contributed by atoms with Gasteiger partial charge in [-0.1, -0.05) is 6.07 Å². The minimum absolute atomic E-state index is 0.379. The molecule has 21 heavy (non-hydrogen) atoms. The number of methoxy groups -OCH3 is 1. The zero-order chi connectivity index (χ0) is 14.8. The molecule has 2 aromatic carbocycles. The van der Waals surface area contributed by atoms with Gasteiger partial charge in [0, 0.05) is 23.0 Å². The summed E-state index contributed by atoms with van der Waals surface area (Å²) in [7, 11) is 1.64. The van der Waals surface area contributed by atoms with Gasteiger partial charge in [0.05, 0.1) is 25.1 Å². The molecular weight excluding hydrogens is 262 g/mol. The number of fused-ring (bicyclic) bond motifs is 1. The number of nitriles is 1. The molecule has 0 aliphatic carbocycles. The maximum Gasteiger partial charge on any atom is 0.119 e. The molecule has 3 rings (SSSR count). The number of nitrogens with zero attached hydrogens (tertiary/aromatic N) is 2. The van der Waals surface area contributed by atoms with Crippen molar-refractivity contribution in [3.63, 3.8) is 0 Å². The third kappa shape index (κ3) is 2.30. The van der Waals surface area contributed by atoms with Gasteiger partial charge in [0.2, 0.25) is 0 Å². The van der Waals surface area contributed by atoms with E-state index in [0.717, 1.165) is 27.9 Å². The van der Waals surface area contributed by atoms with Crippen molar-refractivity contribution >= 4 is 16.6 Å². The van der Waals surface area contributed by atoms with Crippen LogP contribution in [0.4, 0.5) is 5.69 Å². The molecule has 0 aliphatic rings. The van der Waals surface area contributed by atoms with Gasteiger partial charge in [0.25, 0.3) is 0 Å². The summed E-state index contributed by atoms with van der Waals surface area (Å²) < 4.78 is 7.24. The fourth-order valence-electron chi connectivity index (χ4n) is 2.50. The summed E-state index contributed by atoms with van der Waals surface area (Å²) >= 11 is 0. The second kappa shape index (κ2) is 5.22. The third-order valence-electron chi connectivity index (χ3n) is 3.53. The molecular formula is C17H15N3O. The lowest BCUT2D eigenvalue weighted by Gasteiger charge is -2.07. The molecule has 3 aromatic rings. The summed E-state index contributed by atoms with van der Waals surface area (Å²) in [5.74, 6) is 0.812. The van der Waals surface area contributed by atoms with Gasteiger partial charge in [0.1, 0.15) is 5.75 Å². The predicted molar refractivity (Wildman–Crippen MR) is 83.6 cm³/mol. The molecule has 1 heterocycles. The zero-order valence-electron chi connectivity index (χ0n) is 11.7. The van der Waals surface area contributed by atoms with E-state index < -0.39 is 0 Å². The van der Waals surface area contributed by atoms with Crippen molar-refractivity contribution in [2.75, 3.05) is 12.8 Å². The number of hydrogen-bond acceptors (Lipinski definition) is 3. The molecule has 0 saturated heterocycles. The van der Waals surface area contributed by atoms with Crippen LogP contribution in [-0.4, -0.2) is 11.7 Å². The van der Waals surface area contributed by atoms with Crippen LogP contribution >= 0.6 is 0 Å². The van der Waals surface area contributed by atoms with Crippen LogP contribution < -0.4 is 10.5 Å². The fourth-order valence-corrected chi connectivity index (χ4v) is 2.50. The Morgan fingerprint density at radius 3 is 2.62 bits per heavy atom. The number of benzene rings is 2. The smallest absolute Gasteiger partial charge is 0.119 e. The summed E-state index contributed by atoms with van der Waals surface area (Å²) in [6, 6.07) is 15.8. The molecule has 104 valence electrons.